The van der Waals surface area contributed by atoms with Gasteiger partial charge in [0, 0.05) is 28.5 Å². The van der Waals surface area contributed by atoms with Crippen LogP contribution < -0.4 is 5.32 Å². The molecule has 2 aromatic rings. The summed E-state index contributed by atoms with van der Waals surface area (Å²) in [6, 6.07) is 6.32. The first-order valence-corrected chi connectivity index (χ1v) is 8.01. The third-order valence-electron chi connectivity index (χ3n) is 2.70. The normalized spacial score (nSPS) is 11.8. The van der Waals surface area contributed by atoms with Crippen LogP contribution in [-0.4, -0.2) is 20.3 Å². The Kier molecular flexibility index (Phi) is 4.88. The number of halogens is 1. The van der Waals surface area contributed by atoms with Gasteiger partial charge in [0.2, 0.25) is 0 Å². The Morgan fingerprint density at radius 2 is 2.10 bits per heavy atom. The van der Waals surface area contributed by atoms with E-state index in [1.807, 2.05) is 11.6 Å². The molecule has 0 saturated carbocycles. The van der Waals surface area contributed by atoms with E-state index in [0.29, 0.717) is 0 Å². The van der Waals surface area contributed by atoms with E-state index in [4.69, 9.17) is 0 Å². The number of nitrogens with one attached hydrogen (secondary N) is 1. The fourth-order valence-electron chi connectivity index (χ4n) is 1.61. The van der Waals surface area contributed by atoms with Gasteiger partial charge in [-0.05, 0) is 56.3 Å². The van der Waals surface area contributed by atoms with Crippen LogP contribution in [0.4, 0.5) is 0 Å². The van der Waals surface area contributed by atoms with Crippen LogP contribution in [-0.2, 0) is 13.6 Å². The van der Waals surface area contributed by atoms with Crippen LogP contribution in [0.5, 0.6) is 0 Å². The molecule has 6 heteroatoms. The molecule has 4 nitrogen and oxygen atoms in total. The number of benzene rings is 1. The fraction of sp³-hybridized carbons (Fsp3) is 0.429. The maximum absolute atomic E-state index is 4.13. The first kappa shape index (κ1) is 15.5. The van der Waals surface area contributed by atoms with E-state index in [1.54, 1.807) is 18.1 Å². The van der Waals surface area contributed by atoms with Crippen molar-refractivity contribution in [1.29, 1.82) is 0 Å². The van der Waals surface area contributed by atoms with Crippen molar-refractivity contribution in [3.63, 3.8) is 0 Å². The lowest BCUT2D eigenvalue weighted by molar-refractivity contribution is 0.422. The first-order valence-electron chi connectivity index (χ1n) is 6.40. The van der Waals surface area contributed by atoms with Gasteiger partial charge in [-0.15, -0.1) is 10.2 Å². The lowest BCUT2D eigenvalue weighted by Gasteiger charge is -2.21. The SMILES string of the molecule is Cn1cnnc1Sc1ccc(Br)cc1CNC(C)(C)C. The second-order valence-electron chi connectivity index (χ2n) is 5.68. The summed E-state index contributed by atoms with van der Waals surface area (Å²) >= 11 is 5.17. The van der Waals surface area contributed by atoms with Crippen LogP contribution in [0.2, 0.25) is 0 Å². The molecule has 0 unspecified atom stereocenters. The van der Waals surface area contributed by atoms with Crippen molar-refractivity contribution < 1.29 is 0 Å². The van der Waals surface area contributed by atoms with Crippen molar-refractivity contribution in [2.24, 2.45) is 7.05 Å². The molecule has 1 aromatic heterocycles. The molecule has 1 aromatic carbocycles. The van der Waals surface area contributed by atoms with Gasteiger partial charge in [0.1, 0.15) is 6.33 Å². The summed E-state index contributed by atoms with van der Waals surface area (Å²) in [7, 11) is 1.95. The van der Waals surface area contributed by atoms with Crippen molar-refractivity contribution in [1.82, 2.24) is 20.1 Å². The quantitative estimate of drug-likeness (QED) is 0.910. The second kappa shape index (κ2) is 6.28. The van der Waals surface area contributed by atoms with Gasteiger partial charge >= 0.3 is 0 Å². The average Bonchev–Trinajstić information content (AvgIpc) is 2.74. The van der Waals surface area contributed by atoms with Gasteiger partial charge in [-0.25, -0.2) is 0 Å². The Bertz CT molecular complexity index is 589. The lowest BCUT2D eigenvalue weighted by atomic mass is 10.1. The van der Waals surface area contributed by atoms with Crippen molar-refractivity contribution in [2.45, 2.75) is 42.9 Å². The summed E-state index contributed by atoms with van der Waals surface area (Å²) in [4.78, 5) is 1.20. The van der Waals surface area contributed by atoms with Crippen LogP contribution in [0.25, 0.3) is 0 Å². The van der Waals surface area contributed by atoms with E-state index in [9.17, 15) is 0 Å². The summed E-state index contributed by atoms with van der Waals surface area (Å²) in [6.07, 6.45) is 1.72. The minimum absolute atomic E-state index is 0.0923. The van der Waals surface area contributed by atoms with Gasteiger partial charge in [-0.3, -0.25) is 0 Å². The van der Waals surface area contributed by atoms with Crippen molar-refractivity contribution in [3.05, 3.63) is 34.6 Å². The molecule has 20 heavy (non-hydrogen) atoms. The van der Waals surface area contributed by atoms with Gasteiger partial charge in [-0.2, -0.15) is 0 Å². The molecule has 0 fully saturated rings. The molecular formula is C14H19BrN4S. The topological polar surface area (TPSA) is 42.7 Å². The molecule has 0 aliphatic heterocycles. The number of aromatic nitrogens is 3. The standard InChI is InChI=1S/C14H19BrN4S/c1-14(2,3)16-8-10-7-11(15)5-6-12(10)20-13-18-17-9-19(13)4/h5-7,9,16H,8H2,1-4H3. The third kappa shape index (κ3) is 4.33. The zero-order valence-electron chi connectivity index (χ0n) is 12.1. The molecule has 2 rings (SSSR count). The predicted molar refractivity (Wildman–Crippen MR) is 85.9 cm³/mol. The molecule has 0 amide bonds. The number of rotatable bonds is 4. The van der Waals surface area contributed by atoms with Gasteiger partial charge in [0.15, 0.2) is 5.16 Å². The second-order valence-corrected chi connectivity index (χ2v) is 7.61. The number of nitrogens with zero attached hydrogens (tertiary/aromatic N) is 3. The van der Waals surface area contributed by atoms with Crippen molar-refractivity contribution in [2.75, 3.05) is 0 Å². The maximum atomic E-state index is 4.13. The van der Waals surface area contributed by atoms with E-state index >= 15 is 0 Å². The van der Waals surface area contributed by atoms with Crippen LogP contribution in [0.1, 0.15) is 26.3 Å². The Morgan fingerprint density at radius 1 is 1.35 bits per heavy atom. The Labute approximate surface area is 132 Å². The third-order valence-corrected chi connectivity index (χ3v) is 4.37. The number of aryl methyl sites for hydroxylation is 1. The van der Waals surface area contributed by atoms with Crippen molar-refractivity contribution >= 4 is 27.7 Å². The van der Waals surface area contributed by atoms with Gasteiger partial charge < -0.3 is 9.88 Å². The van der Waals surface area contributed by atoms with E-state index in [0.717, 1.165) is 16.2 Å². The van der Waals surface area contributed by atoms with E-state index in [2.05, 4.69) is 70.4 Å². The minimum Gasteiger partial charge on any atom is -0.311 e. The zero-order chi connectivity index (χ0) is 14.8. The smallest absolute Gasteiger partial charge is 0.195 e. The molecule has 1 heterocycles. The van der Waals surface area contributed by atoms with Gasteiger partial charge in [0.25, 0.3) is 0 Å². The van der Waals surface area contributed by atoms with E-state index < -0.39 is 0 Å². The molecule has 0 saturated heterocycles. The largest absolute Gasteiger partial charge is 0.311 e. The highest BCUT2D eigenvalue weighted by Gasteiger charge is 2.13. The first-order chi connectivity index (χ1) is 9.35. The van der Waals surface area contributed by atoms with Crippen LogP contribution in [0.3, 0.4) is 0 Å². The number of hydrogen-bond donors (Lipinski definition) is 1. The minimum atomic E-state index is 0.0923. The van der Waals surface area contributed by atoms with Crippen LogP contribution in [0.15, 0.2) is 39.1 Å². The summed E-state index contributed by atoms with van der Waals surface area (Å²) in [5.41, 5.74) is 1.34. The molecular weight excluding hydrogens is 336 g/mol. The van der Waals surface area contributed by atoms with Crippen LogP contribution in [0, 0.1) is 0 Å². The summed E-state index contributed by atoms with van der Waals surface area (Å²) in [5, 5.41) is 12.5. The van der Waals surface area contributed by atoms with E-state index in [1.165, 1.54) is 10.5 Å². The average molecular weight is 355 g/mol. The van der Waals surface area contributed by atoms with Gasteiger partial charge in [0.05, 0.1) is 0 Å². The summed E-state index contributed by atoms with van der Waals surface area (Å²) in [6.45, 7) is 7.32. The monoisotopic (exact) mass is 354 g/mol. The highest BCUT2D eigenvalue weighted by Crippen LogP contribution is 2.30. The number of hydrogen-bond acceptors (Lipinski definition) is 4. The van der Waals surface area contributed by atoms with Crippen LogP contribution >= 0.6 is 27.7 Å². The Morgan fingerprint density at radius 3 is 2.70 bits per heavy atom. The zero-order valence-corrected chi connectivity index (χ0v) is 14.5. The molecule has 1 N–H and O–H groups in total. The Hall–Kier alpha value is -0.850. The summed E-state index contributed by atoms with van der Waals surface area (Å²) in [5.74, 6) is 0. The molecule has 0 aliphatic rings. The van der Waals surface area contributed by atoms with Crippen molar-refractivity contribution in [3.8, 4) is 0 Å². The molecule has 0 atom stereocenters. The summed E-state index contributed by atoms with van der Waals surface area (Å²) < 4.78 is 3.01. The van der Waals surface area contributed by atoms with E-state index in [-0.39, 0.29) is 5.54 Å². The molecule has 108 valence electrons. The predicted octanol–water partition coefficient (Wildman–Crippen LogP) is 3.62. The van der Waals surface area contributed by atoms with Gasteiger partial charge in [-0.1, -0.05) is 15.9 Å². The maximum Gasteiger partial charge on any atom is 0.195 e. The fourth-order valence-corrected chi connectivity index (χ4v) is 2.89. The highest BCUT2D eigenvalue weighted by atomic mass is 79.9. The molecule has 0 radical (unpaired) electrons. The molecule has 0 aliphatic carbocycles. The molecule has 0 bridgehead atoms. The highest BCUT2D eigenvalue weighted by molar-refractivity contribution is 9.10. The lowest BCUT2D eigenvalue weighted by Crippen LogP contribution is -2.35. The Balaban J connectivity index is 2.21. The molecule has 0 spiro atoms.